The van der Waals surface area contributed by atoms with E-state index in [2.05, 4.69) is 5.92 Å². The van der Waals surface area contributed by atoms with E-state index in [9.17, 15) is 13.2 Å². The average Bonchev–Trinajstić information content (AvgIpc) is 2.37. The zero-order chi connectivity index (χ0) is 15.3. The van der Waals surface area contributed by atoms with Crippen molar-refractivity contribution in [1.82, 2.24) is 4.31 Å². The minimum Gasteiger partial charge on any atom is -0.480 e. The van der Waals surface area contributed by atoms with E-state index in [0.29, 0.717) is 5.69 Å². The van der Waals surface area contributed by atoms with Crippen molar-refractivity contribution in [3.8, 4) is 12.3 Å². The number of carboxylic acids is 1. The number of benzene rings is 1. The maximum Gasteiger partial charge on any atom is 0.323 e. The van der Waals surface area contributed by atoms with Crippen LogP contribution in [-0.4, -0.2) is 51.0 Å². The number of nitrogens with zero attached hydrogens (tertiary/aromatic N) is 2. The van der Waals surface area contributed by atoms with Gasteiger partial charge in [0.05, 0.1) is 11.4 Å². The number of hydrogen-bond acceptors (Lipinski definition) is 4. The Kier molecular flexibility index (Phi) is 5.13. The molecule has 0 saturated carbocycles. The van der Waals surface area contributed by atoms with Crippen LogP contribution in [0.15, 0.2) is 29.2 Å². The van der Waals surface area contributed by atoms with Crippen LogP contribution in [0, 0.1) is 12.3 Å². The van der Waals surface area contributed by atoms with Crippen LogP contribution in [0.2, 0.25) is 0 Å². The van der Waals surface area contributed by atoms with Crippen LogP contribution in [-0.2, 0) is 14.8 Å². The quantitative estimate of drug-likeness (QED) is 0.772. The summed E-state index contributed by atoms with van der Waals surface area (Å²) in [5, 5.41) is 8.82. The summed E-state index contributed by atoms with van der Waals surface area (Å²) in [4.78, 5) is 12.4. The average molecular weight is 296 g/mol. The molecule has 0 aliphatic rings. The first-order valence-corrected chi connectivity index (χ1v) is 7.16. The molecule has 0 unspecified atom stereocenters. The van der Waals surface area contributed by atoms with E-state index in [1.807, 2.05) is 0 Å². The molecule has 0 aliphatic carbocycles. The lowest BCUT2D eigenvalue weighted by Gasteiger charge is -2.20. The molecule has 1 aromatic rings. The van der Waals surface area contributed by atoms with E-state index in [1.165, 1.54) is 43.3 Å². The highest BCUT2D eigenvalue weighted by Crippen LogP contribution is 2.19. The summed E-state index contributed by atoms with van der Waals surface area (Å²) in [6, 6.07) is 5.93. The molecule has 108 valence electrons. The lowest BCUT2D eigenvalue weighted by molar-refractivity contribution is -0.135. The molecule has 1 aromatic carbocycles. The van der Waals surface area contributed by atoms with Crippen molar-refractivity contribution in [2.75, 3.05) is 32.1 Å². The smallest absolute Gasteiger partial charge is 0.323 e. The van der Waals surface area contributed by atoms with Crippen LogP contribution in [0.1, 0.15) is 0 Å². The highest BCUT2D eigenvalue weighted by Gasteiger charge is 2.17. The van der Waals surface area contributed by atoms with Crippen LogP contribution >= 0.6 is 0 Å². The van der Waals surface area contributed by atoms with Crippen LogP contribution in [0.25, 0.3) is 0 Å². The number of sulfonamides is 1. The lowest BCUT2D eigenvalue weighted by atomic mass is 10.3. The summed E-state index contributed by atoms with van der Waals surface area (Å²) in [7, 11) is -0.611. The van der Waals surface area contributed by atoms with Gasteiger partial charge in [-0.1, -0.05) is 5.92 Å². The molecule has 0 bridgehead atoms. The van der Waals surface area contributed by atoms with Crippen LogP contribution < -0.4 is 4.90 Å². The van der Waals surface area contributed by atoms with E-state index in [-0.39, 0.29) is 18.0 Å². The second-order valence-corrected chi connectivity index (χ2v) is 6.39. The van der Waals surface area contributed by atoms with Gasteiger partial charge in [0.15, 0.2) is 0 Å². The number of aliphatic carboxylic acids is 1. The summed E-state index contributed by atoms with van der Waals surface area (Å²) >= 11 is 0. The summed E-state index contributed by atoms with van der Waals surface area (Å²) in [6.45, 7) is -0.115. The summed E-state index contributed by atoms with van der Waals surface area (Å²) < 4.78 is 24.9. The van der Waals surface area contributed by atoms with E-state index in [0.717, 1.165) is 4.31 Å². The molecule has 1 N–H and O–H groups in total. The van der Waals surface area contributed by atoms with Gasteiger partial charge < -0.3 is 10.0 Å². The molecule has 20 heavy (non-hydrogen) atoms. The maximum absolute atomic E-state index is 11.9. The molecule has 0 spiro atoms. The number of hydrogen-bond donors (Lipinski definition) is 1. The fourth-order valence-electron chi connectivity index (χ4n) is 1.55. The normalized spacial score (nSPS) is 11.1. The number of carbonyl (C=O) groups is 1. The third-order valence-electron chi connectivity index (χ3n) is 2.59. The highest BCUT2D eigenvalue weighted by molar-refractivity contribution is 7.89. The minimum atomic E-state index is -3.50. The fraction of sp³-hybridized carbons (Fsp3) is 0.308. The van der Waals surface area contributed by atoms with E-state index < -0.39 is 16.0 Å². The van der Waals surface area contributed by atoms with Crippen LogP contribution in [0.5, 0.6) is 0 Å². The van der Waals surface area contributed by atoms with Crippen molar-refractivity contribution in [3.63, 3.8) is 0 Å². The molecule has 6 nitrogen and oxygen atoms in total. The van der Waals surface area contributed by atoms with Gasteiger partial charge in [-0.25, -0.2) is 12.7 Å². The molecular formula is C13H16N2O4S. The maximum atomic E-state index is 11.9. The van der Waals surface area contributed by atoms with Gasteiger partial charge in [-0.15, -0.1) is 6.42 Å². The predicted molar refractivity (Wildman–Crippen MR) is 76.0 cm³/mol. The van der Waals surface area contributed by atoms with Gasteiger partial charge >= 0.3 is 5.97 Å². The van der Waals surface area contributed by atoms with Gasteiger partial charge in [0, 0.05) is 19.8 Å². The lowest BCUT2D eigenvalue weighted by Crippen LogP contribution is -2.30. The molecule has 0 heterocycles. The zero-order valence-corrected chi connectivity index (χ0v) is 12.1. The standard InChI is InChI=1S/C13H16N2O4S/c1-4-9-15(10-13(16)17)11-5-7-12(8-6-11)20(18,19)14(2)3/h1,5-8H,9-10H2,2-3H3,(H,16,17). The zero-order valence-electron chi connectivity index (χ0n) is 11.3. The first-order valence-electron chi connectivity index (χ1n) is 5.72. The Labute approximate surface area is 118 Å². The van der Waals surface area contributed by atoms with E-state index in [1.54, 1.807) is 0 Å². The largest absolute Gasteiger partial charge is 0.480 e. The Morgan fingerprint density at radius 1 is 1.30 bits per heavy atom. The third-order valence-corrected chi connectivity index (χ3v) is 4.42. The Bertz CT molecular complexity index is 615. The van der Waals surface area contributed by atoms with Crippen molar-refractivity contribution in [2.45, 2.75) is 4.90 Å². The Balaban J connectivity index is 3.06. The Morgan fingerprint density at radius 3 is 2.25 bits per heavy atom. The monoisotopic (exact) mass is 296 g/mol. The van der Waals surface area contributed by atoms with Crippen molar-refractivity contribution >= 4 is 21.7 Å². The van der Waals surface area contributed by atoms with Crippen molar-refractivity contribution in [3.05, 3.63) is 24.3 Å². The fourth-order valence-corrected chi connectivity index (χ4v) is 2.45. The number of rotatable bonds is 6. The van der Waals surface area contributed by atoms with E-state index in [4.69, 9.17) is 11.5 Å². The molecule has 1 rings (SSSR count). The van der Waals surface area contributed by atoms with Gasteiger partial charge in [-0.05, 0) is 24.3 Å². The molecule has 0 fully saturated rings. The Hall–Kier alpha value is -2.04. The molecular weight excluding hydrogens is 280 g/mol. The van der Waals surface area contributed by atoms with E-state index >= 15 is 0 Å². The molecule has 7 heteroatoms. The van der Waals surface area contributed by atoms with Crippen LogP contribution in [0.3, 0.4) is 0 Å². The SMILES string of the molecule is C#CCN(CC(=O)O)c1ccc(S(=O)(=O)N(C)C)cc1. The molecule has 0 saturated heterocycles. The second-order valence-electron chi connectivity index (χ2n) is 4.24. The third kappa shape index (κ3) is 3.73. The summed E-state index contributed by atoms with van der Waals surface area (Å²) in [5.41, 5.74) is 0.558. The topological polar surface area (TPSA) is 77.9 Å². The summed E-state index contributed by atoms with van der Waals surface area (Å²) in [5.74, 6) is 1.36. The molecule has 0 aliphatic heterocycles. The predicted octanol–water partition coefficient (Wildman–Crippen LogP) is 0.461. The molecule has 0 atom stereocenters. The number of terminal acetylenes is 1. The van der Waals surface area contributed by atoms with Gasteiger partial charge in [0.25, 0.3) is 0 Å². The van der Waals surface area contributed by atoms with Crippen LogP contribution in [0.4, 0.5) is 5.69 Å². The number of carboxylic acid groups (broad SMARTS) is 1. The Morgan fingerprint density at radius 2 is 1.85 bits per heavy atom. The van der Waals surface area contributed by atoms with Gasteiger partial charge in [0.1, 0.15) is 6.54 Å². The molecule has 0 radical (unpaired) electrons. The minimum absolute atomic E-state index is 0.131. The summed E-state index contributed by atoms with van der Waals surface area (Å²) in [6.07, 6.45) is 5.19. The van der Waals surface area contributed by atoms with Crippen molar-refractivity contribution in [2.24, 2.45) is 0 Å². The first kappa shape index (κ1) is 16.0. The molecule has 0 aromatic heterocycles. The first-order chi connectivity index (χ1) is 9.28. The van der Waals surface area contributed by atoms with Gasteiger partial charge in [-0.2, -0.15) is 0 Å². The highest BCUT2D eigenvalue weighted by atomic mass is 32.2. The molecule has 0 amide bonds. The number of anilines is 1. The van der Waals surface area contributed by atoms with Gasteiger partial charge in [0.2, 0.25) is 10.0 Å². The van der Waals surface area contributed by atoms with Crippen molar-refractivity contribution in [1.29, 1.82) is 0 Å². The van der Waals surface area contributed by atoms with Gasteiger partial charge in [-0.3, -0.25) is 4.79 Å². The second kappa shape index (κ2) is 6.41. The van der Waals surface area contributed by atoms with Crippen molar-refractivity contribution < 1.29 is 18.3 Å².